The molecule has 0 radical (unpaired) electrons. The second-order valence-corrected chi connectivity index (χ2v) is 3.28. The van der Waals surface area contributed by atoms with E-state index in [1.54, 1.807) is 6.07 Å². The second kappa shape index (κ2) is 3.30. The van der Waals surface area contributed by atoms with Crippen LogP contribution in [0.2, 0.25) is 0 Å². The molecule has 1 heterocycles. The molecule has 0 aliphatic carbocycles. The van der Waals surface area contributed by atoms with E-state index in [0.717, 1.165) is 16.4 Å². The summed E-state index contributed by atoms with van der Waals surface area (Å²) in [6, 6.07) is 5.60. The van der Waals surface area contributed by atoms with Gasteiger partial charge >= 0.3 is 0 Å². The zero-order valence-corrected chi connectivity index (χ0v) is 8.34. The van der Waals surface area contributed by atoms with Crippen LogP contribution in [0.15, 0.2) is 29.3 Å². The van der Waals surface area contributed by atoms with E-state index in [1.165, 1.54) is 6.33 Å². The number of hydrogen-bond acceptors (Lipinski definition) is 2. The smallest absolute Gasteiger partial charge is 0.258 e. The number of rotatable bonds is 1. The van der Waals surface area contributed by atoms with E-state index >= 15 is 0 Å². The Balaban J connectivity index is 2.80. The van der Waals surface area contributed by atoms with Crippen LogP contribution in [0.5, 0.6) is 0 Å². The zero-order chi connectivity index (χ0) is 9.26. The Hall–Kier alpha value is -1.16. The van der Waals surface area contributed by atoms with Crippen LogP contribution in [-0.4, -0.2) is 9.97 Å². The number of halogens is 1. The standard InChI is InChI=1S/C9H7BrN2O/c10-4-6-1-2-7-8(3-6)11-5-12-9(7)13/h1-3,5H,4H2,(H,11,12,13). The molecule has 2 rings (SSSR count). The van der Waals surface area contributed by atoms with E-state index in [0.29, 0.717) is 5.39 Å². The third-order valence-corrected chi connectivity index (χ3v) is 2.51. The molecule has 3 nitrogen and oxygen atoms in total. The van der Waals surface area contributed by atoms with Crippen LogP contribution in [0.3, 0.4) is 0 Å². The van der Waals surface area contributed by atoms with Crippen molar-refractivity contribution >= 4 is 26.8 Å². The van der Waals surface area contributed by atoms with Crippen molar-refractivity contribution in [1.29, 1.82) is 0 Å². The summed E-state index contributed by atoms with van der Waals surface area (Å²) in [6.45, 7) is 0. The first-order valence-electron chi connectivity index (χ1n) is 3.83. The minimum atomic E-state index is -0.0916. The highest BCUT2D eigenvalue weighted by Crippen LogP contribution is 2.11. The Kier molecular flexibility index (Phi) is 2.14. The van der Waals surface area contributed by atoms with Crippen molar-refractivity contribution in [2.75, 3.05) is 0 Å². The van der Waals surface area contributed by atoms with Gasteiger partial charge in [0.05, 0.1) is 17.2 Å². The van der Waals surface area contributed by atoms with Gasteiger partial charge < -0.3 is 4.98 Å². The molecule has 4 heteroatoms. The predicted molar refractivity (Wildman–Crippen MR) is 55.0 cm³/mol. The third-order valence-electron chi connectivity index (χ3n) is 1.86. The van der Waals surface area contributed by atoms with Crippen molar-refractivity contribution in [3.63, 3.8) is 0 Å². The first kappa shape index (κ1) is 8.44. The number of H-pyrrole nitrogens is 1. The van der Waals surface area contributed by atoms with Gasteiger partial charge in [0, 0.05) is 5.33 Å². The quantitative estimate of drug-likeness (QED) is 0.771. The number of nitrogens with zero attached hydrogens (tertiary/aromatic N) is 1. The highest BCUT2D eigenvalue weighted by molar-refractivity contribution is 9.08. The highest BCUT2D eigenvalue weighted by atomic mass is 79.9. The maximum absolute atomic E-state index is 11.3. The molecule has 0 saturated heterocycles. The Bertz CT molecular complexity index is 492. The van der Waals surface area contributed by atoms with Crippen molar-refractivity contribution in [2.45, 2.75) is 5.33 Å². The van der Waals surface area contributed by atoms with Crippen LogP contribution in [0.1, 0.15) is 5.56 Å². The number of hydrogen-bond donors (Lipinski definition) is 1. The Morgan fingerprint density at radius 3 is 3.08 bits per heavy atom. The molecular formula is C9H7BrN2O. The van der Waals surface area contributed by atoms with E-state index in [9.17, 15) is 4.79 Å². The topological polar surface area (TPSA) is 45.8 Å². The average molecular weight is 239 g/mol. The maximum Gasteiger partial charge on any atom is 0.258 e. The SMILES string of the molecule is O=c1[nH]cnc2cc(CBr)ccc12. The number of fused-ring (bicyclic) bond motifs is 1. The fourth-order valence-electron chi connectivity index (χ4n) is 1.20. The fraction of sp³-hybridized carbons (Fsp3) is 0.111. The van der Waals surface area contributed by atoms with Gasteiger partial charge in [-0.3, -0.25) is 4.79 Å². The molecule has 0 saturated carbocycles. The van der Waals surface area contributed by atoms with Crippen LogP contribution in [-0.2, 0) is 5.33 Å². The summed E-state index contributed by atoms with van der Waals surface area (Å²) in [7, 11) is 0. The fourth-order valence-corrected chi connectivity index (χ4v) is 1.55. The molecule has 0 amide bonds. The van der Waals surface area contributed by atoms with Crippen molar-refractivity contribution in [1.82, 2.24) is 9.97 Å². The van der Waals surface area contributed by atoms with Gasteiger partial charge in [-0.15, -0.1) is 0 Å². The van der Waals surface area contributed by atoms with Crippen molar-refractivity contribution in [3.8, 4) is 0 Å². The van der Waals surface area contributed by atoms with Gasteiger partial charge in [-0.1, -0.05) is 22.0 Å². The first-order chi connectivity index (χ1) is 6.31. The number of nitrogens with one attached hydrogen (secondary N) is 1. The van der Waals surface area contributed by atoms with Gasteiger partial charge in [-0.05, 0) is 17.7 Å². The Morgan fingerprint density at radius 2 is 2.31 bits per heavy atom. The Labute approximate surface area is 82.9 Å². The molecule has 0 aliphatic heterocycles. The minimum Gasteiger partial charge on any atom is -0.313 e. The highest BCUT2D eigenvalue weighted by Gasteiger charge is 1.99. The summed E-state index contributed by atoms with van der Waals surface area (Å²) in [5, 5.41) is 1.41. The predicted octanol–water partition coefficient (Wildman–Crippen LogP) is 1.82. The van der Waals surface area contributed by atoms with Gasteiger partial charge in [-0.2, -0.15) is 0 Å². The van der Waals surface area contributed by atoms with Gasteiger partial charge in [0.2, 0.25) is 0 Å². The zero-order valence-electron chi connectivity index (χ0n) is 6.75. The lowest BCUT2D eigenvalue weighted by Crippen LogP contribution is -2.05. The molecular weight excluding hydrogens is 232 g/mol. The lowest BCUT2D eigenvalue weighted by atomic mass is 10.2. The van der Waals surface area contributed by atoms with E-state index in [4.69, 9.17) is 0 Å². The number of aromatic nitrogens is 2. The summed E-state index contributed by atoms with van der Waals surface area (Å²) in [5.41, 5.74) is 1.76. The third kappa shape index (κ3) is 1.49. The molecule has 0 atom stereocenters. The van der Waals surface area contributed by atoms with Crippen LogP contribution < -0.4 is 5.56 Å². The van der Waals surface area contributed by atoms with Gasteiger partial charge in [0.1, 0.15) is 0 Å². The molecule has 13 heavy (non-hydrogen) atoms. The molecule has 66 valence electrons. The molecule has 1 aromatic carbocycles. The lowest BCUT2D eigenvalue weighted by molar-refractivity contribution is 1.17. The molecule has 0 bridgehead atoms. The summed E-state index contributed by atoms with van der Waals surface area (Å²) >= 11 is 3.35. The van der Waals surface area contributed by atoms with Gasteiger partial charge in [-0.25, -0.2) is 4.98 Å². The maximum atomic E-state index is 11.3. The summed E-state index contributed by atoms with van der Waals surface area (Å²) < 4.78 is 0. The molecule has 0 aliphatic rings. The molecule has 1 N–H and O–H groups in total. The average Bonchev–Trinajstić information content (AvgIpc) is 2.18. The van der Waals surface area contributed by atoms with Gasteiger partial charge in [0.25, 0.3) is 5.56 Å². The summed E-state index contributed by atoms with van der Waals surface area (Å²) in [5.74, 6) is 0. The molecule has 0 spiro atoms. The largest absolute Gasteiger partial charge is 0.313 e. The van der Waals surface area contributed by atoms with Gasteiger partial charge in [0.15, 0.2) is 0 Å². The van der Waals surface area contributed by atoms with Crippen LogP contribution in [0.25, 0.3) is 10.9 Å². The van der Waals surface area contributed by atoms with E-state index in [2.05, 4.69) is 25.9 Å². The summed E-state index contributed by atoms with van der Waals surface area (Å²) in [6.07, 6.45) is 1.42. The molecule has 0 unspecified atom stereocenters. The van der Waals surface area contributed by atoms with Crippen molar-refractivity contribution in [2.24, 2.45) is 0 Å². The van der Waals surface area contributed by atoms with E-state index in [1.807, 2.05) is 12.1 Å². The van der Waals surface area contributed by atoms with Crippen LogP contribution in [0, 0.1) is 0 Å². The molecule has 1 aromatic heterocycles. The number of alkyl halides is 1. The van der Waals surface area contributed by atoms with Crippen LogP contribution >= 0.6 is 15.9 Å². The van der Waals surface area contributed by atoms with E-state index < -0.39 is 0 Å². The number of benzene rings is 1. The normalized spacial score (nSPS) is 10.5. The minimum absolute atomic E-state index is 0.0916. The van der Waals surface area contributed by atoms with E-state index in [-0.39, 0.29) is 5.56 Å². The summed E-state index contributed by atoms with van der Waals surface area (Å²) in [4.78, 5) is 17.9. The second-order valence-electron chi connectivity index (χ2n) is 2.72. The monoisotopic (exact) mass is 238 g/mol. The number of aromatic amines is 1. The molecule has 0 fully saturated rings. The van der Waals surface area contributed by atoms with Crippen molar-refractivity contribution in [3.05, 3.63) is 40.4 Å². The first-order valence-corrected chi connectivity index (χ1v) is 4.95. The lowest BCUT2D eigenvalue weighted by Gasteiger charge is -1.97. The van der Waals surface area contributed by atoms with Crippen molar-refractivity contribution < 1.29 is 0 Å². The van der Waals surface area contributed by atoms with Crippen LogP contribution in [0.4, 0.5) is 0 Å². The molecule has 2 aromatic rings. The Morgan fingerprint density at radius 1 is 1.46 bits per heavy atom.